The fraction of sp³-hybridized carbons (Fsp3) is 0.292. The zero-order valence-corrected chi connectivity index (χ0v) is 17.2. The number of amides is 1. The van der Waals surface area contributed by atoms with E-state index in [9.17, 15) is 9.59 Å². The topological polar surface area (TPSA) is 64.0 Å². The van der Waals surface area contributed by atoms with Gasteiger partial charge in [-0.3, -0.25) is 9.59 Å². The Morgan fingerprint density at radius 3 is 2.52 bits per heavy atom. The number of nitrogens with zero attached hydrogens (tertiary/aromatic N) is 2. The number of carbonyl (C=O) groups is 2. The van der Waals surface area contributed by atoms with Crippen LogP contribution in [-0.4, -0.2) is 21.5 Å². The highest BCUT2D eigenvalue weighted by atomic mass is 16.2. The molecule has 2 heterocycles. The minimum absolute atomic E-state index is 0.0352. The van der Waals surface area contributed by atoms with Gasteiger partial charge in [0.05, 0.1) is 17.3 Å². The number of hydrogen-bond donors (Lipinski definition) is 1. The maximum atomic E-state index is 13.3. The summed E-state index contributed by atoms with van der Waals surface area (Å²) >= 11 is 0. The van der Waals surface area contributed by atoms with E-state index in [4.69, 9.17) is 5.10 Å². The van der Waals surface area contributed by atoms with Gasteiger partial charge >= 0.3 is 0 Å². The fourth-order valence-corrected chi connectivity index (χ4v) is 4.09. The number of aromatic nitrogens is 2. The fourth-order valence-electron chi connectivity index (χ4n) is 4.09. The van der Waals surface area contributed by atoms with Crippen molar-refractivity contribution in [2.24, 2.45) is 0 Å². The zero-order chi connectivity index (χ0) is 20.7. The number of benzene rings is 2. The quantitative estimate of drug-likeness (QED) is 0.662. The van der Waals surface area contributed by atoms with Gasteiger partial charge in [0.25, 0.3) is 0 Å². The predicted molar refractivity (Wildman–Crippen MR) is 114 cm³/mol. The minimum Gasteiger partial charge on any atom is -0.310 e. The van der Waals surface area contributed by atoms with Crippen LogP contribution in [0, 0.1) is 20.8 Å². The lowest BCUT2D eigenvalue weighted by Gasteiger charge is -2.23. The van der Waals surface area contributed by atoms with Gasteiger partial charge < -0.3 is 5.32 Å². The number of fused-ring (bicyclic) bond motifs is 1. The van der Waals surface area contributed by atoms with Crippen LogP contribution >= 0.6 is 0 Å². The molecular formula is C24H25N3O2. The van der Waals surface area contributed by atoms with Crippen LogP contribution in [-0.2, 0) is 11.2 Å². The summed E-state index contributed by atoms with van der Waals surface area (Å²) in [6, 6.07) is 13.8. The second-order valence-electron chi connectivity index (χ2n) is 7.77. The van der Waals surface area contributed by atoms with Gasteiger partial charge in [-0.25, -0.2) is 4.68 Å². The SMILES string of the molecule is CCc1ccc(C(=O)C2CC(=O)Nc3c2c(C)nn3-c2ccc(C)cc2C)cc1. The molecule has 0 bridgehead atoms. The van der Waals surface area contributed by atoms with Crippen LogP contribution < -0.4 is 5.32 Å². The van der Waals surface area contributed by atoms with Crippen LogP contribution in [0.1, 0.15) is 57.6 Å². The summed E-state index contributed by atoms with van der Waals surface area (Å²) in [6.45, 7) is 8.05. The first-order valence-electron chi connectivity index (χ1n) is 9.99. The van der Waals surface area contributed by atoms with Gasteiger partial charge in [0.2, 0.25) is 5.91 Å². The highest BCUT2D eigenvalue weighted by molar-refractivity contribution is 6.08. The maximum absolute atomic E-state index is 13.3. The molecule has 1 unspecified atom stereocenters. The van der Waals surface area contributed by atoms with E-state index in [1.54, 1.807) is 4.68 Å². The average molecular weight is 387 g/mol. The Morgan fingerprint density at radius 1 is 1.14 bits per heavy atom. The molecule has 0 saturated heterocycles. The third-order valence-corrected chi connectivity index (χ3v) is 5.65. The van der Waals surface area contributed by atoms with Crippen molar-refractivity contribution in [2.45, 2.75) is 46.5 Å². The third-order valence-electron chi connectivity index (χ3n) is 5.65. The molecule has 2 aromatic carbocycles. The molecule has 1 atom stereocenters. The monoisotopic (exact) mass is 387 g/mol. The van der Waals surface area contributed by atoms with E-state index in [1.165, 1.54) is 5.56 Å². The van der Waals surface area contributed by atoms with E-state index in [-0.39, 0.29) is 18.1 Å². The highest BCUT2D eigenvalue weighted by Gasteiger charge is 2.36. The van der Waals surface area contributed by atoms with Crippen LogP contribution in [0.3, 0.4) is 0 Å². The number of aryl methyl sites for hydroxylation is 4. The van der Waals surface area contributed by atoms with Gasteiger partial charge in [-0.1, -0.05) is 48.9 Å². The van der Waals surface area contributed by atoms with Gasteiger partial charge in [-0.15, -0.1) is 0 Å². The number of ketones is 1. The normalized spacial score (nSPS) is 15.7. The van der Waals surface area contributed by atoms with Gasteiger partial charge in [-0.05, 0) is 44.4 Å². The molecule has 0 radical (unpaired) electrons. The molecule has 0 saturated carbocycles. The highest BCUT2D eigenvalue weighted by Crippen LogP contribution is 2.38. The Hall–Kier alpha value is -3.21. The standard InChI is InChI=1S/C24H25N3O2/c1-5-17-7-9-18(10-8-17)23(29)19-13-21(28)25-24-22(19)16(4)26-27(24)20-11-6-14(2)12-15(20)3/h6-12,19H,5,13H2,1-4H3,(H,25,28). The van der Waals surface area contributed by atoms with E-state index in [2.05, 4.69) is 18.3 Å². The van der Waals surface area contributed by atoms with Gasteiger partial charge in [0, 0.05) is 17.5 Å². The number of anilines is 1. The van der Waals surface area contributed by atoms with Crippen molar-refractivity contribution in [3.8, 4) is 5.69 Å². The summed E-state index contributed by atoms with van der Waals surface area (Å²) in [4.78, 5) is 25.8. The van der Waals surface area contributed by atoms with E-state index >= 15 is 0 Å². The summed E-state index contributed by atoms with van der Waals surface area (Å²) in [7, 11) is 0. The number of Topliss-reactive ketones (excluding diaryl/α,β-unsaturated/α-hetero) is 1. The lowest BCUT2D eigenvalue weighted by Crippen LogP contribution is -2.28. The summed E-state index contributed by atoms with van der Waals surface area (Å²) in [5.74, 6) is -0.112. The molecule has 1 aliphatic heterocycles. The first kappa shape index (κ1) is 19.1. The van der Waals surface area contributed by atoms with E-state index in [1.807, 2.05) is 57.2 Å². The Kier molecular flexibility index (Phi) is 4.82. The smallest absolute Gasteiger partial charge is 0.226 e. The summed E-state index contributed by atoms with van der Waals surface area (Å²) in [6.07, 6.45) is 1.06. The van der Waals surface area contributed by atoms with E-state index < -0.39 is 5.92 Å². The molecule has 1 aliphatic rings. The van der Waals surface area contributed by atoms with Crippen molar-refractivity contribution in [2.75, 3.05) is 5.32 Å². The summed E-state index contributed by atoms with van der Waals surface area (Å²) in [5.41, 5.74) is 6.53. The Balaban J connectivity index is 1.80. The Morgan fingerprint density at radius 2 is 1.86 bits per heavy atom. The maximum Gasteiger partial charge on any atom is 0.226 e. The predicted octanol–water partition coefficient (Wildman–Crippen LogP) is 4.67. The van der Waals surface area contributed by atoms with Crippen LogP contribution in [0.2, 0.25) is 0 Å². The molecule has 1 N–H and O–H groups in total. The van der Waals surface area contributed by atoms with Crippen LogP contribution in [0.25, 0.3) is 5.69 Å². The van der Waals surface area contributed by atoms with E-state index in [0.717, 1.165) is 34.5 Å². The Bertz CT molecular complexity index is 1110. The molecule has 0 spiro atoms. The number of nitrogens with one attached hydrogen (secondary N) is 1. The Labute approximate surface area is 170 Å². The molecule has 3 aromatic rings. The lowest BCUT2D eigenvalue weighted by molar-refractivity contribution is -0.116. The van der Waals surface area contributed by atoms with Gasteiger partial charge in [0.1, 0.15) is 5.82 Å². The zero-order valence-electron chi connectivity index (χ0n) is 17.2. The molecule has 1 aromatic heterocycles. The molecular weight excluding hydrogens is 362 g/mol. The van der Waals surface area contributed by atoms with E-state index in [0.29, 0.717) is 11.4 Å². The van der Waals surface area contributed by atoms with Gasteiger partial charge in [0.15, 0.2) is 5.78 Å². The lowest BCUT2D eigenvalue weighted by atomic mass is 9.85. The number of carbonyl (C=O) groups excluding carboxylic acids is 2. The average Bonchev–Trinajstić information content (AvgIpc) is 3.03. The van der Waals surface area contributed by atoms with Crippen molar-refractivity contribution < 1.29 is 9.59 Å². The molecule has 1 amide bonds. The van der Waals surface area contributed by atoms with Gasteiger partial charge in [-0.2, -0.15) is 5.10 Å². The molecule has 5 nitrogen and oxygen atoms in total. The largest absolute Gasteiger partial charge is 0.310 e. The van der Waals surface area contributed by atoms with Crippen molar-refractivity contribution >= 4 is 17.5 Å². The molecule has 4 rings (SSSR count). The number of hydrogen-bond acceptors (Lipinski definition) is 3. The van der Waals surface area contributed by atoms with Crippen molar-refractivity contribution in [1.29, 1.82) is 0 Å². The first-order valence-corrected chi connectivity index (χ1v) is 9.99. The summed E-state index contributed by atoms with van der Waals surface area (Å²) in [5, 5.41) is 7.64. The molecule has 0 aliphatic carbocycles. The van der Waals surface area contributed by atoms with Crippen LogP contribution in [0.5, 0.6) is 0 Å². The second kappa shape index (κ2) is 7.32. The molecule has 29 heavy (non-hydrogen) atoms. The number of rotatable bonds is 4. The molecule has 148 valence electrons. The minimum atomic E-state index is -0.522. The third kappa shape index (κ3) is 3.37. The second-order valence-corrected chi connectivity index (χ2v) is 7.77. The van der Waals surface area contributed by atoms with Crippen LogP contribution in [0.15, 0.2) is 42.5 Å². The summed E-state index contributed by atoms with van der Waals surface area (Å²) < 4.78 is 1.76. The van der Waals surface area contributed by atoms with Crippen molar-refractivity contribution in [1.82, 2.24) is 9.78 Å². The van der Waals surface area contributed by atoms with Crippen molar-refractivity contribution in [3.63, 3.8) is 0 Å². The first-order chi connectivity index (χ1) is 13.9. The van der Waals surface area contributed by atoms with Crippen LogP contribution in [0.4, 0.5) is 5.82 Å². The molecule has 5 heteroatoms. The molecule has 0 fully saturated rings. The van der Waals surface area contributed by atoms with Crippen molar-refractivity contribution in [3.05, 3.63) is 76.0 Å².